The number of rotatable bonds is 3. The number of carbonyl (C=O) groups excluding carboxylic acids is 1. The Morgan fingerprint density at radius 1 is 1.32 bits per heavy atom. The zero-order valence-electron chi connectivity index (χ0n) is 12.7. The van der Waals surface area contributed by atoms with E-state index in [4.69, 9.17) is 21.1 Å². The molecule has 6 heteroatoms. The highest BCUT2D eigenvalue weighted by Crippen LogP contribution is 2.31. The first kappa shape index (κ1) is 15.6. The van der Waals surface area contributed by atoms with Crippen LogP contribution >= 0.6 is 11.6 Å². The van der Waals surface area contributed by atoms with Gasteiger partial charge in [-0.25, -0.2) is 0 Å². The van der Waals surface area contributed by atoms with Crippen molar-refractivity contribution >= 4 is 23.2 Å². The van der Waals surface area contributed by atoms with Crippen molar-refractivity contribution in [2.24, 2.45) is 0 Å². The molecule has 0 saturated carbocycles. The minimum atomic E-state index is -0.434. The molecule has 0 bridgehead atoms. The molecule has 1 aromatic rings. The molecule has 2 aliphatic heterocycles. The number of hydrogen-bond donors (Lipinski definition) is 1. The standard InChI is InChI=1S/C16H21ClN2O3/c1-12-10-13(17)2-3-14(12)18-11-15(20)19-6-4-16(5-7-19)21-8-9-22-16/h2-3,10,18H,4-9,11H2,1H3. The Bertz CT molecular complexity index is 548. The van der Waals surface area contributed by atoms with Crippen LogP contribution in [0.25, 0.3) is 0 Å². The van der Waals surface area contributed by atoms with Gasteiger partial charge in [-0.15, -0.1) is 0 Å². The maximum absolute atomic E-state index is 12.3. The van der Waals surface area contributed by atoms with Gasteiger partial charge < -0.3 is 19.7 Å². The first-order valence-corrected chi connectivity index (χ1v) is 8.01. The van der Waals surface area contributed by atoms with E-state index in [1.807, 2.05) is 30.0 Å². The Labute approximate surface area is 135 Å². The third kappa shape index (κ3) is 3.37. The second kappa shape index (κ2) is 6.44. The van der Waals surface area contributed by atoms with Gasteiger partial charge in [0.15, 0.2) is 5.79 Å². The SMILES string of the molecule is Cc1cc(Cl)ccc1NCC(=O)N1CCC2(CC1)OCCO2. The van der Waals surface area contributed by atoms with Gasteiger partial charge in [-0.05, 0) is 30.7 Å². The van der Waals surface area contributed by atoms with Gasteiger partial charge in [0.05, 0.1) is 19.8 Å². The molecule has 2 aliphatic rings. The Kier molecular flexibility index (Phi) is 4.57. The molecular weight excluding hydrogens is 304 g/mol. The van der Waals surface area contributed by atoms with Gasteiger partial charge in [0.25, 0.3) is 0 Å². The molecule has 1 N–H and O–H groups in total. The number of hydrogen-bond acceptors (Lipinski definition) is 4. The predicted octanol–water partition coefficient (Wildman–Crippen LogP) is 2.43. The lowest BCUT2D eigenvalue weighted by Gasteiger charge is -2.37. The quantitative estimate of drug-likeness (QED) is 0.927. The Hall–Kier alpha value is -1.30. The summed E-state index contributed by atoms with van der Waals surface area (Å²) in [5, 5.41) is 3.89. The van der Waals surface area contributed by atoms with Crippen molar-refractivity contribution in [2.45, 2.75) is 25.6 Å². The van der Waals surface area contributed by atoms with Crippen LogP contribution in [0.1, 0.15) is 18.4 Å². The van der Waals surface area contributed by atoms with E-state index in [0.29, 0.717) is 31.3 Å². The monoisotopic (exact) mass is 324 g/mol. The van der Waals surface area contributed by atoms with Gasteiger partial charge in [-0.3, -0.25) is 4.79 Å². The third-order valence-corrected chi connectivity index (χ3v) is 4.55. The molecule has 2 heterocycles. The van der Waals surface area contributed by atoms with Crippen LogP contribution in [-0.2, 0) is 14.3 Å². The van der Waals surface area contributed by atoms with Gasteiger partial charge in [-0.2, -0.15) is 0 Å². The molecule has 2 fully saturated rings. The summed E-state index contributed by atoms with van der Waals surface area (Å²) in [7, 11) is 0. The number of anilines is 1. The number of carbonyl (C=O) groups is 1. The Morgan fingerprint density at radius 3 is 2.64 bits per heavy atom. The van der Waals surface area contributed by atoms with E-state index in [1.54, 1.807) is 0 Å². The first-order valence-electron chi connectivity index (χ1n) is 7.64. The summed E-state index contributed by atoms with van der Waals surface area (Å²) in [5.41, 5.74) is 1.97. The Morgan fingerprint density at radius 2 is 2.00 bits per heavy atom. The number of aryl methyl sites for hydroxylation is 1. The fourth-order valence-electron chi connectivity index (χ4n) is 2.99. The van der Waals surface area contributed by atoms with Crippen LogP contribution in [0.2, 0.25) is 5.02 Å². The number of nitrogens with one attached hydrogen (secondary N) is 1. The number of nitrogens with zero attached hydrogens (tertiary/aromatic N) is 1. The summed E-state index contributed by atoms with van der Waals surface area (Å²) in [5.74, 6) is -0.334. The van der Waals surface area contributed by atoms with E-state index in [9.17, 15) is 4.79 Å². The second-order valence-corrected chi connectivity index (χ2v) is 6.24. The van der Waals surface area contributed by atoms with Gasteiger partial charge >= 0.3 is 0 Å². The summed E-state index contributed by atoms with van der Waals surface area (Å²) in [6.45, 7) is 4.94. The van der Waals surface area contributed by atoms with Crippen LogP contribution < -0.4 is 5.32 Å². The van der Waals surface area contributed by atoms with E-state index in [0.717, 1.165) is 24.1 Å². The summed E-state index contributed by atoms with van der Waals surface area (Å²) in [6, 6.07) is 5.60. The molecule has 0 aromatic heterocycles. The molecular formula is C16H21ClN2O3. The van der Waals surface area contributed by atoms with E-state index in [1.165, 1.54) is 0 Å². The van der Waals surface area contributed by atoms with Crippen molar-refractivity contribution in [3.05, 3.63) is 28.8 Å². The molecule has 1 amide bonds. The lowest BCUT2D eigenvalue weighted by molar-refractivity contribution is -0.187. The average Bonchev–Trinajstić information content (AvgIpc) is 2.95. The van der Waals surface area contributed by atoms with Crippen LogP contribution in [-0.4, -0.2) is 49.4 Å². The molecule has 2 saturated heterocycles. The van der Waals surface area contributed by atoms with Gasteiger partial charge in [0.2, 0.25) is 5.91 Å². The van der Waals surface area contributed by atoms with Crippen molar-refractivity contribution in [3.63, 3.8) is 0 Å². The van der Waals surface area contributed by atoms with Crippen LogP contribution in [0.15, 0.2) is 18.2 Å². The van der Waals surface area contributed by atoms with Crippen molar-refractivity contribution in [1.29, 1.82) is 0 Å². The number of amides is 1. The maximum Gasteiger partial charge on any atom is 0.241 e. The lowest BCUT2D eigenvalue weighted by atomic mass is 10.0. The second-order valence-electron chi connectivity index (χ2n) is 5.80. The van der Waals surface area contributed by atoms with E-state index >= 15 is 0 Å². The Balaban J connectivity index is 1.50. The smallest absolute Gasteiger partial charge is 0.241 e. The topological polar surface area (TPSA) is 50.8 Å². The molecule has 0 atom stereocenters. The normalized spacial score (nSPS) is 20.4. The van der Waals surface area contributed by atoms with E-state index in [2.05, 4.69) is 5.32 Å². The summed E-state index contributed by atoms with van der Waals surface area (Å²) < 4.78 is 11.4. The molecule has 3 rings (SSSR count). The van der Waals surface area contributed by atoms with Gasteiger partial charge in [0.1, 0.15) is 0 Å². The van der Waals surface area contributed by atoms with E-state index < -0.39 is 5.79 Å². The number of halogens is 1. The number of benzene rings is 1. The van der Waals surface area contributed by atoms with Crippen molar-refractivity contribution in [3.8, 4) is 0 Å². The maximum atomic E-state index is 12.3. The van der Waals surface area contributed by atoms with Crippen LogP contribution in [0, 0.1) is 6.92 Å². The molecule has 5 nitrogen and oxygen atoms in total. The summed E-state index contributed by atoms with van der Waals surface area (Å²) in [4.78, 5) is 14.2. The van der Waals surface area contributed by atoms with Gasteiger partial charge in [-0.1, -0.05) is 11.6 Å². The van der Waals surface area contributed by atoms with Crippen LogP contribution in [0.3, 0.4) is 0 Å². The molecule has 1 spiro atoms. The number of ether oxygens (including phenoxy) is 2. The number of likely N-dealkylation sites (tertiary alicyclic amines) is 1. The fraction of sp³-hybridized carbons (Fsp3) is 0.562. The zero-order valence-corrected chi connectivity index (χ0v) is 13.5. The predicted molar refractivity (Wildman–Crippen MR) is 85.1 cm³/mol. The van der Waals surface area contributed by atoms with Crippen LogP contribution in [0.5, 0.6) is 0 Å². The average molecular weight is 325 g/mol. The highest BCUT2D eigenvalue weighted by atomic mass is 35.5. The largest absolute Gasteiger partial charge is 0.376 e. The van der Waals surface area contributed by atoms with Gasteiger partial charge in [0, 0.05) is 36.6 Å². The highest BCUT2D eigenvalue weighted by Gasteiger charge is 2.40. The zero-order chi connectivity index (χ0) is 15.6. The molecule has 0 aliphatic carbocycles. The summed E-state index contributed by atoms with van der Waals surface area (Å²) in [6.07, 6.45) is 1.50. The molecule has 0 radical (unpaired) electrons. The molecule has 1 aromatic carbocycles. The molecule has 120 valence electrons. The minimum absolute atomic E-state index is 0.0993. The molecule has 0 unspecified atom stereocenters. The lowest BCUT2D eigenvalue weighted by Crippen LogP contribution is -2.48. The third-order valence-electron chi connectivity index (χ3n) is 4.31. The highest BCUT2D eigenvalue weighted by molar-refractivity contribution is 6.30. The van der Waals surface area contributed by atoms with Crippen LogP contribution in [0.4, 0.5) is 5.69 Å². The first-order chi connectivity index (χ1) is 10.6. The fourth-order valence-corrected chi connectivity index (χ4v) is 3.22. The van der Waals surface area contributed by atoms with E-state index in [-0.39, 0.29) is 12.5 Å². The van der Waals surface area contributed by atoms with Crippen molar-refractivity contribution in [2.75, 3.05) is 38.2 Å². The van der Waals surface area contributed by atoms with Crippen molar-refractivity contribution in [1.82, 2.24) is 4.90 Å². The minimum Gasteiger partial charge on any atom is -0.376 e. The number of piperidine rings is 1. The molecule has 22 heavy (non-hydrogen) atoms. The summed E-state index contributed by atoms with van der Waals surface area (Å²) >= 11 is 5.93. The van der Waals surface area contributed by atoms with Crippen molar-refractivity contribution < 1.29 is 14.3 Å².